The molecule has 0 spiro atoms. The Labute approximate surface area is 175 Å². The topological polar surface area (TPSA) is 66.5 Å². The van der Waals surface area contributed by atoms with Crippen molar-refractivity contribution < 1.29 is 13.2 Å². The van der Waals surface area contributed by atoms with E-state index in [1.807, 2.05) is 42.5 Å². The van der Waals surface area contributed by atoms with E-state index in [1.54, 1.807) is 23.9 Å². The first-order valence-corrected chi connectivity index (χ1v) is 11.4. The molecule has 1 amide bonds. The molecule has 0 bridgehead atoms. The van der Waals surface area contributed by atoms with Gasteiger partial charge in [0, 0.05) is 36.0 Å². The molecule has 0 radical (unpaired) electrons. The molecule has 7 heteroatoms. The highest BCUT2D eigenvalue weighted by molar-refractivity contribution is 7.98. The number of sulfonamides is 1. The predicted molar refractivity (Wildman–Crippen MR) is 118 cm³/mol. The number of hydrogen-bond donors (Lipinski definition) is 1. The second-order valence-electron chi connectivity index (χ2n) is 6.57. The molecule has 0 unspecified atom stereocenters. The average Bonchev–Trinajstić information content (AvgIpc) is 2.74. The van der Waals surface area contributed by atoms with Gasteiger partial charge in [0.05, 0.1) is 4.90 Å². The normalized spacial score (nSPS) is 11.4. The molecule has 0 atom stereocenters. The SMILES string of the molecule is CN(C)S(=O)(=O)c1cccc(C(=O)Nc2ccc(CSc3ccccc3)cc2)c1. The number of carbonyl (C=O) groups is 1. The van der Waals surface area contributed by atoms with Gasteiger partial charge in [-0.1, -0.05) is 36.4 Å². The van der Waals surface area contributed by atoms with Crippen molar-refractivity contribution in [3.8, 4) is 0 Å². The Kier molecular flexibility index (Phi) is 6.74. The zero-order valence-corrected chi connectivity index (χ0v) is 17.8. The number of benzene rings is 3. The fraction of sp³-hybridized carbons (Fsp3) is 0.136. The van der Waals surface area contributed by atoms with Crippen molar-refractivity contribution in [2.24, 2.45) is 0 Å². The summed E-state index contributed by atoms with van der Waals surface area (Å²) in [6.45, 7) is 0. The average molecular weight is 427 g/mol. The molecule has 3 aromatic rings. The molecular weight excluding hydrogens is 404 g/mol. The van der Waals surface area contributed by atoms with Gasteiger partial charge in [0.1, 0.15) is 0 Å². The highest BCUT2D eigenvalue weighted by atomic mass is 32.2. The molecule has 3 aromatic carbocycles. The summed E-state index contributed by atoms with van der Waals surface area (Å²) in [5.41, 5.74) is 2.09. The molecule has 3 rings (SSSR count). The van der Waals surface area contributed by atoms with Gasteiger partial charge in [-0.25, -0.2) is 12.7 Å². The zero-order valence-electron chi connectivity index (χ0n) is 16.2. The van der Waals surface area contributed by atoms with E-state index < -0.39 is 10.0 Å². The third kappa shape index (κ3) is 5.47. The Bertz CT molecular complexity index is 1080. The summed E-state index contributed by atoms with van der Waals surface area (Å²) in [5, 5.41) is 2.81. The van der Waals surface area contributed by atoms with E-state index in [0.29, 0.717) is 5.69 Å². The number of carbonyl (C=O) groups excluding carboxylic acids is 1. The van der Waals surface area contributed by atoms with Crippen LogP contribution in [-0.4, -0.2) is 32.7 Å². The molecule has 29 heavy (non-hydrogen) atoms. The van der Waals surface area contributed by atoms with Crippen molar-refractivity contribution in [2.45, 2.75) is 15.5 Å². The molecular formula is C22H22N2O3S2. The van der Waals surface area contributed by atoms with Gasteiger partial charge in [0.2, 0.25) is 10.0 Å². The summed E-state index contributed by atoms with van der Waals surface area (Å²) in [7, 11) is -0.674. The van der Waals surface area contributed by atoms with E-state index >= 15 is 0 Å². The maximum atomic E-state index is 12.5. The molecule has 0 aliphatic carbocycles. The van der Waals surface area contributed by atoms with Gasteiger partial charge in [0.25, 0.3) is 5.91 Å². The van der Waals surface area contributed by atoms with Gasteiger partial charge in [-0.15, -0.1) is 11.8 Å². The number of nitrogens with one attached hydrogen (secondary N) is 1. The lowest BCUT2D eigenvalue weighted by Gasteiger charge is -2.12. The van der Waals surface area contributed by atoms with E-state index in [9.17, 15) is 13.2 Å². The lowest BCUT2D eigenvalue weighted by Crippen LogP contribution is -2.22. The highest BCUT2D eigenvalue weighted by Gasteiger charge is 2.18. The van der Waals surface area contributed by atoms with Crippen LogP contribution in [0.15, 0.2) is 88.7 Å². The lowest BCUT2D eigenvalue weighted by molar-refractivity contribution is 0.102. The van der Waals surface area contributed by atoms with Crippen LogP contribution in [0, 0.1) is 0 Å². The van der Waals surface area contributed by atoms with Crippen molar-refractivity contribution in [1.29, 1.82) is 0 Å². The van der Waals surface area contributed by atoms with Crippen LogP contribution < -0.4 is 5.32 Å². The molecule has 0 fully saturated rings. The summed E-state index contributed by atoms with van der Waals surface area (Å²) < 4.78 is 25.6. The minimum Gasteiger partial charge on any atom is -0.322 e. The summed E-state index contributed by atoms with van der Waals surface area (Å²) in [4.78, 5) is 13.8. The molecule has 0 aromatic heterocycles. The van der Waals surface area contributed by atoms with E-state index in [0.717, 1.165) is 15.6 Å². The van der Waals surface area contributed by atoms with Crippen molar-refractivity contribution in [1.82, 2.24) is 4.31 Å². The number of amides is 1. The Morgan fingerprint density at radius 1 is 0.931 bits per heavy atom. The molecule has 0 saturated carbocycles. The fourth-order valence-corrected chi connectivity index (χ4v) is 4.40. The minimum absolute atomic E-state index is 0.0865. The maximum Gasteiger partial charge on any atom is 0.255 e. The number of thioether (sulfide) groups is 1. The largest absolute Gasteiger partial charge is 0.322 e. The first-order valence-electron chi connectivity index (χ1n) is 8.97. The van der Waals surface area contributed by atoms with Crippen LogP contribution in [0.5, 0.6) is 0 Å². The van der Waals surface area contributed by atoms with Crippen molar-refractivity contribution in [2.75, 3.05) is 19.4 Å². The van der Waals surface area contributed by atoms with Gasteiger partial charge in [0.15, 0.2) is 0 Å². The van der Waals surface area contributed by atoms with Crippen LogP contribution in [0.3, 0.4) is 0 Å². The number of hydrogen-bond acceptors (Lipinski definition) is 4. The van der Waals surface area contributed by atoms with Crippen LogP contribution in [0.4, 0.5) is 5.69 Å². The van der Waals surface area contributed by atoms with Crippen molar-refractivity contribution in [3.05, 3.63) is 90.0 Å². The predicted octanol–water partition coefficient (Wildman–Crippen LogP) is 4.48. The van der Waals surface area contributed by atoms with Crippen LogP contribution in [-0.2, 0) is 15.8 Å². The summed E-state index contributed by atoms with van der Waals surface area (Å²) >= 11 is 1.75. The standard InChI is InChI=1S/C22H22N2O3S2/c1-24(2)29(26,27)21-10-6-7-18(15-21)22(25)23-19-13-11-17(12-14-19)16-28-20-8-4-3-5-9-20/h3-15H,16H2,1-2H3,(H,23,25). The Hall–Kier alpha value is -2.61. The highest BCUT2D eigenvalue weighted by Crippen LogP contribution is 2.23. The van der Waals surface area contributed by atoms with E-state index in [-0.39, 0.29) is 16.4 Å². The summed E-state index contributed by atoms with van der Waals surface area (Å²) in [5.74, 6) is 0.482. The molecule has 1 N–H and O–H groups in total. The van der Waals surface area contributed by atoms with Crippen LogP contribution in [0.25, 0.3) is 0 Å². The van der Waals surface area contributed by atoms with Gasteiger partial charge in [-0.05, 0) is 48.0 Å². The monoisotopic (exact) mass is 426 g/mol. The summed E-state index contributed by atoms with van der Waals surface area (Å²) in [6.07, 6.45) is 0. The Morgan fingerprint density at radius 3 is 2.28 bits per heavy atom. The van der Waals surface area contributed by atoms with E-state index in [2.05, 4.69) is 17.4 Å². The first-order chi connectivity index (χ1) is 13.9. The molecule has 0 aliphatic heterocycles. The molecule has 0 aliphatic rings. The number of nitrogens with zero attached hydrogens (tertiary/aromatic N) is 1. The number of anilines is 1. The van der Waals surface area contributed by atoms with Gasteiger partial charge in [-0.3, -0.25) is 4.79 Å². The smallest absolute Gasteiger partial charge is 0.255 e. The Morgan fingerprint density at radius 2 is 1.62 bits per heavy atom. The zero-order chi connectivity index (χ0) is 20.9. The third-order valence-electron chi connectivity index (χ3n) is 4.24. The van der Waals surface area contributed by atoms with Gasteiger partial charge in [-0.2, -0.15) is 0 Å². The quantitative estimate of drug-likeness (QED) is 0.566. The maximum absolute atomic E-state index is 12.5. The van der Waals surface area contributed by atoms with E-state index in [1.165, 1.54) is 31.1 Å². The minimum atomic E-state index is -3.59. The first kappa shape index (κ1) is 21.1. The van der Waals surface area contributed by atoms with Gasteiger partial charge < -0.3 is 5.32 Å². The second kappa shape index (κ2) is 9.26. The third-order valence-corrected chi connectivity index (χ3v) is 7.13. The number of rotatable bonds is 7. The fourth-order valence-electron chi connectivity index (χ4n) is 2.58. The second-order valence-corrected chi connectivity index (χ2v) is 9.77. The van der Waals surface area contributed by atoms with Crippen molar-refractivity contribution in [3.63, 3.8) is 0 Å². The molecule has 0 saturated heterocycles. The van der Waals surface area contributed by atoms with Gasteiger partial charge >= 0.3 is 0 Å². The van der Waals surface area contributed by atoms with Crippen LogP contribution in [0.1, 0.15) is 15.9 Å². The van der Waals surface area contributed by atoms with Crippen molar-refractivity contribution >= 4 is 33.4 Å². The molecule has 5 nitrogen and oxygen atoms in total. The lowest BCUT2D eigenvalue weighted by atomic mass is 10.2. The Balaban J connectivity index is 1.65. The molecule has 150 valence electrons. The molecule has 0 heterocycles. The van der Waals surface area contributed by atoms with Crippen LogP contribution in [0.2, 0.25) is 0 Å². The van der Waals surface area contributed by atoms with E-state index in [4.69, 9.17) is 0 Å². The summed E-state index contributed by atoms with van der Waals surface area (Å²) in [6, 6.07) is 23.8. The van der Waals surface area contributed by atoms with Crippen LogP contribution >= 0.6 is 11.8 Å².